The summed E-state index contributed by atoms with van der Waals surface area (Å²) < 4.78 is 19.1. The fourth-order valence-electron chi connectivity index (χ4n) is 2.65. The predicted octanol–water partition coefficient (Wildman–Crippen LogP) is 4.84. The third-order valence-corrected chi connectivity index (χ3v) is 6.21. The standard InChI is InChI=1S/C24H21O3S/c1-2-27-22-15-13-21(14-16-22)24(25)19-28(26,23-11-7-4-8-12-23)18-17-20-9-5-3-6-10-20/h3-16H,2,19H2,1H3/q+1. The van der Waals surface area contributed by atoms with Crippen LogP contribution in [0, 0.1) is 11.2 Å². The van der Waals surface area contributed by atoms with Crippen molar-refractivity contribution in [2.75, 3.05) is 12.4 Å². The summed E-state index contributed by atoms with van der Waals surface area (Å²) in [5.41, 5.74) is 1.26. The summed E-state index contributed by atoms with van der Waals surface area (Å²) >= 11 is 0. The van der Waals surface area contributed by atoms with Gasteiger partial charge in [-0.25, -0.2) is 0 Å². The Labute approximate surface area is 166 Å². The average molecular weight is 389 g/mol. The summed E-state index contributed by atoms with van der Waals surface area (Å²) in [7, 11) is -2.88. The number of hydrogen-bond donors (Lipinski definition) is 0. The summed E-state index contributed by atoms with van der Waals surface area (Å²) in [5, 5.41) is 2.89. The first-order valence-corrected chi connectivity index (χ1v) is 10.7. The molecule has 0 heterocycles. The molecule has 0 saturated heterocycles. The van der Waals surface area contributed by atoms with E-state index in [1.54, 1.807) is 48.5 Å². The molecule has 0 N–H and O–H groups in total. The molecule has 4 heteroatoms. The second kappa shape index (κ2) is 9.16. The van der Waals surface area contributed by atoms with Crippen LogP contribution in [0.2, 0.25) is 0 Å². The third kappa shape index (κ3) is 4.97. The van der Waals surface area contributed by atoms with Crippen LogP contribution in [-0.2, 0) is 14.1 Å². The van der Waals surface area contributed by atoms with Crippen molar-refractivity contribution in [3.8, 4) is 16.9 Å². The van der Waals surface area contributed by atoms with Gasteiger partial charge in [-0.15, -0.1) is 0 Å². The number of ether oxygens (including phenoxy) is 1. The molecule has 3 aromatic carbocycles. The molecule has 0 fully saturated rings. The Morgan fingerprint density at radius 3 is 2.11 bits per heavy atom. The summed E-state index contributed by atoms with van der Waals surface area (Å²) in [6.45, 7) is 2.46. The van der Waals surface area contributed by atoms with Crippen LogP contribution in [0.15, 0.2) is 89.8 Å². The summed E-state index contributed by atoms with van der Waals surface area (Å²) in [5.74, 6) is 3.30. The van der Waals surface area contributed by atoms with E-state index < -0.39 is 9.93 Å². The molecule has 3 aromatic rings. The number of carbonyl (C=O) groups is 1. The maximum atomic E-state index is 13.7. The summed E-state index contributed by atoms with van der Waals surface area (Å²) in [6.07, 6.45) is 0. The van der Waals surface area contributed by atoms with E-state index in [1.165, 1.54) is 0 Å². The van der Waals surface area contributed by atoms with E-state index in [2.05, 4.69) is 11.2 Å². The summed E-state index contributed by atoms with van der Waals surface area (Å²) in [6, 6.07) is 25.2. The average Bonchev–Trinajstić information content (AvgIpc) is 2.74. The van der Waals surface area contributed by atoms with Crippen LogP contribution >= 0.6 is 0 Å². The lowest BCUT2D eigenvalue weighted by Crippen LogP contribution is -2.21. The highest BCUT2D eigenvalue weighted by Crippen LogP contribution is 2.22. The third-order valence-electron chi connectivity index (χ3n) is 4.08. The maximum Gasteiger partial charge on any atom is 0.213 e. The normalized spacial score (nSPS) is 12.3. The van der Waals surface area contributed by atoms with E-state index in [9.17, 15) is 9.00 Å². The zero-order valence-corrected chi connectivity index (χ0v) is 16.4. The zero-order chi connectivity index (χ0) is 19.8. The molecule has 3 nitrogen and oxygen atoms in total. The molecule has 0 saturated carbocycles. The van der Waals surface area contributed by atoms with Gasteiger partial charge in [-0.1, -0.05) is 40.6 Å². The van der Waals surface area contributed by atoms with Gasteiger partial charge in [0.25, 0.3) is 0 Å². The van der Waals surface area contributed by atoms with Gasteiger partial charge in [0, 0.05) is 11.1 Å². The molecule has 0 bridgehead atoms. The van der Waals surface area contributed by atoms with E-state index in [1.807, 2.05) is 43.3 Å². The molecule has 28 heavy (non-hydrogen) atoms. The number of ketones is 1. The molecule has 0 aliphatic heterocycles. The lowest BCUT2D eigenvalue weighted by Gasteiger charge is -2.06. The molecular weight excluding hydrogens is 368 g/mol. The van der Waals surface area contributed by atoms with Crippen molar-refractivity contribution >= 4 is 15.7 Å². The lowest BCUT2D eigenvalue weighted by atomic mass is 10.1. The molecule has 0 aromatic heterocycles. The van der Waals surface area contributed by atoms with Gasteiger partial charge in [0.05, 0.1) is 6.61 Å². The number of hydrogen-bond acceptors (Lipinski definition) is 3. The molecule has 140 valence electrons. The first kappa shape index (κ1) is 19.6. The second-order valence-corrected chi connectivity index (χ2v) is 8.42. The lowest BCUT2D eigenvalue weighted by molar-refractivity contribution is 0.102. The van der Waals surface area contributed by atoms with Gasteiger partial charge in [-0.3, -0.25) is 4.79 Å². The minimum atomic E-state index is -2.88. The quantitative estimate of drug-likeness (QED) is 0.344. The topological polar surface area (TPSA) is 43.4 Å². The van der Waals surface area contributed by atoms with Crippen molar-refractivity contribution in [1.82, 2.24) is 0 Å². The van der Waals surface area contributed by atoms with E-state index in [0.29, 0.717) is 22.8 Å². The van der Waals surface area contributed by atoms with Crippen LogP contribution in [-0.4, -0.2) is 18.1 Å². The molecule has 3 rings (SSSR count). The molecule has 1 unspecified atom stereocenters. The van der Waals surface area contributed by atoms with Gasteiger partial charge in [0.15, 0.2) is 15.9 Å². The first-order chi connectivity index (χ1) is 13.6. The smallest absolute Gasteiger partial charge is 0.213 e. The fraction of sp³-hybridized carbons (Fsp3) is 0.125. The van der Waals surface area contributed by atoms with E-state index in [-0.39, 0.29) is 11.5 Å². The Bertz CT molecular complexity index is 1030. The predicted molar refractivity (Wildman–Crippen MR) is 113 cm³/mol. The van der Waals surface area contributed by atoms with Gasteiger partial charge in [0.2, 0.25) is 15.7 Å². The van der Waals surface area contributed by atoms with Crippen LogP contribution < -0.4 is 4.74 Å². The van der Waals surface area contributed by atoms with E-state index in [0.717, 1.165) is 5.56 Å². The number of rotatable bonds is 6. The van der Waals surface area contributed by atoms with Gasteiger partial charge in [0.1, 0.15) is 5.75 Å². The van der Waals surface area contributed by atoms with Crippen molar-refractivity contribution in [2.45, 2.75) is 11.8 Å². The van der Waals surface area contributed by atoms with Crippen LogP contribution in [0.1, 0.15) is 22.8 Å². The van der Waals surface area contributed by atoms with Crippen molar-refractivity contribution in [3.05, 3.63) is 96.1 Å². The molecule has 0 aliphatic carbocycles. The second-order valence-electron chi connectivity index (χ2n) is 6.11. The molecule has 1 atom stereocenters. The highest BCUT2D eigenvalue weighted by atomic mass is 32.2. The Morgan fingerprint density at radius 1 is 0.893 bits per heavy atom. The summed E-state index contributed by atoms with van der Waals surface area (Å²) in [4.78, 5) is 13.4. The van der Waals surface area contributed by atoms with Crippen molar-refractivity contribution in [3.63, 3.8) is 0 Å². The Hall–Kier alpha value is -3.16. The highest BCUT2D eigenvalue weighted by molar-refractivity contribution is 8.07. The van der Waals surface area contributed by atoms with Gasteiger partial charge >= 0.3 is 0 Å². The molecule has 0 amide bonds. The first-order valence-electron chi connectivity index (χ1n) is 9.01. The van der Waals surface area contributed by atoms with Crippen LogP contribution in [0.25, 0.3) is 0 Å². The highest BCUT2D eigenvalue weighted by Gasteiger charge is 2.33. The Morgan fingerprint density at radius 2 is 1.50 bits per heavy atom. The minimum absolute atomic E-state index is 0.162. The fourth-order valence-corrected chi connectivity index (χ4v) is 4.43. The van der Waals surface area contributed by atoms with Crippen molar-refractivity contribution in [2.24, 2.45) is 0 Å². The zero-order valence-electron chi connectivity index (χ0n) is 15.6. The number of Topliss-reactive ketones (excluding diaryl/α,β-unsaturated/α-hetero) is 1. The monoisotopic (exact) mass is 389 g/mol. The van der Waals surface area contributed by atoms with Crippen LogP contribution in [0.3, 0.4) is 0 Å². The van der Waals surface area contributed by atoms with Gasteiger partial charge in [-0.2, -0.15) is 0 Å². The molecular formula is C24H21O3S+. The largest absolute Gasteiger partial charge is 0.494 e. The van der Waals surface area contributed by atoms with Crippen molar-refractivity contribution < 1.29 is 13.7 Å². The SMILES string of the molecule is CCOc1ccc(C(=O)C[S+](=O)(C#Cc2ccccc2)c2ccccc2)cc1. The van der Waals surface area contributed by atoms with Crippen LogP contribution in [0.4, 0.5) is 0 Å². The Kier molecular flexibility index (Phi) is 6.41. The van der Waals surface area contributed by atoms with Crippen LogP contribution in [0.5, 0.6) is 5.75 Å². The maximum absolute atomic E-state index is 13.7. The van der Waals surface area contributed by atoms with E-state index in [4.69, 9.17) is 4.74 Å². The molecule has 0 spiro atoms. The van der Waals surface area contributed by atoms with Gasteiger partial charge < -0.3 is 4.74 Å². The minimum Gasteiger partial charge on any atom is -0.494 e. The van der Waals surface area contributed by atoms with Gasteiger partial charge in [-0.05, 0) is 61.4 Å². The number of carbonyl (C=O) groups excluding carboxylic acids is 1. The molecule has 0 radical (unpaired) electrons. The molecule has 0 aliphatic rings. The number of benzene rings is 3. The Balaban J connectivity index is 1.90. The van der Waals surface area contributed by atoms with E-state index >= 15 is 0 Å². The van der Waals surface area contributed by atoms with Crippen molar-refractivity contribution in [1.29, 1.82) is 0 Å².